The molecule has 2 heterocycles. The minimum absolute atomic E-state index is 0.0416. The van der Waals surface area contributed by atoms with Gasteiger partial charge in [0.15, 0.2) is 0 Å². The lowest BCUT2D eigenvalue weighted by Gasteiger charge is -2.38. The Balaban J connectivity index is 1.78. The third-order valence-corrected chi connectivity index (χ3v) is 7.01. The van der Waals surface area contributed by atoms with Crippen LogP contribution in [0.2, 0.25) is 0 Å². The van der Waals surface area contributed by atoms with Crippen LogP contribution in [0.15, 0.2) is 35.7 Å². The second-order valence-corrected chi connectivity index (χ2v) is 10.8. The summed E-state index contributed by atoms with van der Waals surface area (Å²) in [6, 6.07) is 9.64. The van der Waals surface area contributed by atoms with E-state index in [0.29, 0.717) is 13.2 Å². The molecule has 7 heteroatoms. The highest BCUT2D eigenvalue weighted by Crippen LogP contribution is 2.34. The molecule has 33 heavy (non-hydrogen) atoms. The molecule has 1 aliphatic rings. The lowest BCUT2D eigenvalue weighted by molar-refractivity contribution is -0.136. The Labute approximate surface area is 201 Å². The second-order valence-electron chi connectivity index (χ2n) is 9.84. The smallest absolute Gasteiger partial charge is 0.318 e. The van der Waals surface area contributed by atoms with Crippen molar-refractivity contribution in [3.63, 3.8) is 0 Å². The van der Waals surface area contributed by atoms with Crippen molar-refractivity contribution in [1.82, 2.24) is 15.1 Å². The zero-order chi connectivity index (χ0) is 24.2. The number of nitrogens with zero attached hydrogens (tertiary/aromatic N) is 2. The molecule has 6 nitrogen and oxygen atoms in total. The van der Waals surface area contributed by atoms with E-state index < -0.39 is 0 Å². The van der Waals surface area contributed by atoms with Gasteiger partial charge in [0, 0.05) is 23.0 Å². The van der Waals surface area contributed by atoms with Crippen molar-refractivity contribution in [3.8, 4) is 5.75 Å². The summed E-state index contributed by atoms with van der Waals surface area (Å²) in [6.45, 7) is 13.0. The molecule has 0 saturated carbocycles. The first-order chi connectivity index (χ1) is 15.6. The van der Waals surface area contributed by atoms with Crippen LogP contribution in [0.25, 0.3) is 0 Å². The van der Waals surface area contributed by atoms with Gasteiger partial charge in [0.25, 0.3) is 0 Å². The Morgan fingerprint density at radius 3 is 2.58 bits per heavy atom. The van der Waals surface area contributed by atoms with Crippen LogP contribution >= 0.6 is 11.3 Å². The van der Waals surface area contributed by atoms with E-state index in [9.17, 15) is 9.59 Å². The van der Waals surface area contributed by atoms with Gasteiger partial charge in [-0.25, -0.2) is 4.79 Å². The first kappa shape index (κ1) is 25.1. The highest BCUT2D eigenvalue weighted by molar-refractivity contribution is 7.10. The number of amides is 3. The fourth-order valence-corrected chi connectivity index (χ4v) is 4.89. The molecule has 0 spiro atoms. The molecule has 1 aliphatic heterocycles. The van der Waals surface area contributed by atoms with Crippen LogP contribution in [0.4, 0.5) is 4.79 Å². The molecular weight excluding hydrogens is 434 g/mol. The topological polar surface area (TPSA) is 61.9 Å². The number of ether oxygens (including phenoxy) is 1. The summed E-state index contributed by atoms with van der Waals surface area (Å²) < 4.78 is 6.11. The lowest BCUT2D eigenvalue weighted by atomic mass is 10.00. The van der Waals surface area contributed by atoms with E-state index in [4.69, 9.17) is 4.74 Å². The summed E-state index contributed by atoms with van der Waals surface area (Å²) in [7, 11) is 0. The number of nitrogens with one attached hydrogen (secondary N) is 1. The Morgan fingerprint density at radius 1 is 1.24 bits per heavy atom. The van der Waals surface area contributed by atoms with Crippen LogP contribution in [-0.4, -0.2) is 53.0 Å². The van der Waals surface area contributed by atoms with Crippen LogP contribution in [0.1, 0.15) is 63.1 Å². The Hall–Kier alpha value is -2.54. The lowest BCUT2D eigenvalue weighted by Crippen LogP contribution is -2.55. The van der Waals surface area contributed by atoms with Gasteiger partial charge in [-0.3, -0.25) is 4.79 Å². The van der Waals surface area contributed by atoms with Gasteiger partial charge in [-0.15, -0.1) is 11.3 Å². The molecule has 2 aromatic rings. The quantitative estimate of drug-likeness (QED) is 0.606. The zero-order valence-corrected chi connectivity index (χ0v) is 21.5. The number of carbonyl (C=O) groups is 2. The Bertz CT molecular complexity index is 948. The number of rotatable bonds is 7. The molecule has 3 amide bonds. The van der Waals surface area contributed by atoms with Gasteiger partial charge in [0.1, 0.15) is 18.9 Å². The normalized spacial score (nSPS) is 16.7. The predicted molar refractivity (Wildman–Crippen MR) is 134 cm³/mol. The number of carbonyl (C=O) groups excluding carboxylic acids is 2. The van der Waals surface area contributed by atoms with Crippen molar-refractivity contribution < 1.29 is 14.3 Å². The minimum atomic E-state index is -0.368. The van der Waals surface area contributed by atoms with Crippen molar-refractivity contribution in [3.05, 3.63) is 51.7 Å². The molecule has 0 bridgehead atoms. The molecule has 0 unspecified atom stereocenters. The summed E-state index contributed by atoms with van der Waals surface area (Å²) in [5.41, 5.74) is 1.96. The van der Waals surface area contributed by atoms with E-state index >= 15 is 0 Å². The average molecular weight is 472 g/mol. The van der Waals surface area contributed by atoms with E-state index in [-0.39, 0.29) is 36.1 Å². The monoisotopic (exact) mass is 471 g/mol. The highest BCUT2D eigenvalue weighted by Gasteiger charge is 2.34. The number of benzene rings is 1. The highest BCUT2D eigenvalue weighted by atomic mass is 32.1. The molecule has 0 saturated heterocycles. The van der Waals surface area contributed by atoms with Crippen LogP contribution in [0.3, 0.4) is 0 Å². The number of hydrogen-bond acceptors (Lipinski definition) is 4. The van der Waals surface area contributed by atoms with E-state index in [1.807, 2.05) is 70.7 Å². The van der Waals surface area contributed by atoms with Crippen LogP contribution in [0.5, 0.6) is 5.75 Å². The SMILES string of the molecule is CC[C@H](C)N(CC(=O)N1CCc2sccc2[C@H]1COc1ccc(C)cc1)C(=O)NC(C)(C)C. The third kappa shape index (κ3) is 6.50. The van der Waals surface area contributed by atoms with Gasteiger partial charge >= 0.3 is 6.03 Å². The van der Waals surface area contributed by atoms with E-state index in [2.05, 4.69) is 16.8 Å². The van der Waals surface area contributed by atoms with Crippen molar-refractivity contribution >= 4 is 23.3 Å². The molecule has 0 aliphatic carbocycles. The maximum atomic E-state index is 13.5. The third-order valence-electron chi connectivity index (χ3n) is 6.02. The summed E-state index contributed by atoms with van der Waals surface area (Å²) >= 11 is 1.73. The number of hydrogen-bond donors (Lipinski definition) is 1. The number of fused-ring (bicyclic) bond motifs is 1. The van der Waals surface area contributed by atoms with Crippen molar-refractivity contribution in [2.75, 3.05) is 19.7 Å². The van der Waals surface area contributed by atoms with Gasteiger partial charge in [-0.1, -0.05) is 24.6 Å². The van der Waals surface area contributed by atoms with Crippen molar-refractivity contribution in [2.45, 2.75) is 72.0 Å². The van der Waals surface area contributed by atoms with E-state index in [1.54, 1.807) is 16.2 Å². The molecule has 0 fully saturated rings. The average Bonchev–Trinajstić information content (AvgIpc) is 3.24. The molecule has 0 radical (unpaired) electrons. The standard InChI is InChI=1S/C26H37N3O3S/c1-7-19(3)29(25(31)27-26(4,5)6)16-24(30)28-14-12-23-21(13-15-33-23)22(28)17-32-20-10-8-18(2)9-11-20/h8-11,13,15,19,22H,7,12,14,16-17H2,1-6H3,(H,27,31)/t19-,22+/m0/s1. The molecule has 180 valence electrons. The van der Waals surface area contributed by atoms with Crippen LogP contribution in [0, 0.1) is 6.92 Å². The Morgan fingerprint density at radius 2 is 1.94 bits per heavy atom. The second kappa shape index (κ2) is 10.6. The first-order valence-electron chi connectivity index (χ1n) is 11.7. The molecular formula is C26H37N3O3S. The van der Waals surface area contributed by atoms with Gasteiger partial charge in [-0.05, 0) is 76.6 Å². The Kier molecular flexibility index (Phi) is 8.05. The maximum absolute atomic E-state index is 13.5. The maximum Gasteiger partial charge on any atom is 0.318 e. The fourth-order valence-electron chi connectivity index (χ4n) is 3.96. The van der Waals surface area contributed by atoms with Crippen molar-refractivity contribution in [1.29, 1.82) is 0 Å². The molecule has 3 rings (SSSR count). The first-order valence-corrected chi connectivity index (χ1v) is 12.6. The van der Waals surface area contributed by atoms with Crippen LogP contribution < -0.4 is 10.1 Å². The number of aryl methyl sites for hydroxylation is 1. The fraction of sp³-hybridized carbons (Fsp3) is 0.538. The summed E-state index contributed by atoms with van der Waals surface area (Å²) in [5.74, 6) is 0.745. The van der Waals surface area contributed by atoms with Crippen LogP contribution in [-0.2, 0) is 11.2 Å². The van der Waals surface area contributed by atoms with E-state index in [1.165, 1.54) is 10.4 Å². The zero-order valence-electron chi connectivity index (χ0n) is 20.7. The number of urea groups is 1. The minimum Gasteiger partial charge on any atom is -0.491 e. The molecule has 1 N–H and O–H groups in total. The molecule has 1 aromatic carbocycles. The summed E-state index contributed by atoms with van der Waals surface area (Å²) in [5, 5.41) is 5.09. The van der Waals surface area contributed by atoms with Gasteiger partial charge in [0.05, 0.1) is 6.04 Å². The molecule has 2 atom stereocenters. The molecule has 1 aromatic heterocycles. The van der Waals surface area contributed by atoms with Gasteiger partial charge in [0.2, 0.25) is 5.91 Å². The van der Waals surface area contributed by atoms with Gasteiger partial charge < -0.3 is 19.9 Å². The number of thiophene rings is 1. The van der Waals surface area contributed by atoms with E-state index in [0.717, 1.165) is 24.2 Å². The summed E-state index contributed by atoms with van der Waals surface area (Å²) in [6.07, 6.45) is 1.61. The predicted octanol–water partition coefficient (Wildman–Crippen LogP) is 5.17. The largest absolute Gasteiger partial charge is 0.491 e. The van der Waals surface area contributed by atoms with Crippen molar-refractivity contribution in [2.24, 2.45) is 0 Å². The van der Waals surface area contributed by atoms with Gasteiger partial charge in [-0.2, -0.15) is 0 Å². The summed E-state index contributed by atoms with van der Waals surface area (Å²) in [4.78, 5) is 31.4.